The number of carboxylic acid groups (broad SMARTS) is 1. The standard InChI is InChI=1S/C19H17ClN6O5S2/c1-25-6-2-3-8(7-25)32-10-5-4-9-11(17(28)26(9)14(10)18(29)30)22-16(27)13(24-31)12-15(20)33-19(21)23-12/h2-3,6-7,9,11H,4-5H2,1H3,(H4-,21,22,23,27,29,30,31)/p+1. The lowest BCUT2D eigenvalue weighted by molar-refractivity contribution is -0.673. The molecule has 0 aliphatic carbocycles. The number of hydrogen-bond acceptors (Lipinski definition) is 9. The number of rotatable bonds is 6. The minimum atomic E-state index is -1.22. The van der Waals surface area contributed by atoms with Gasteiger partial charge < -0.3 is 21.4 Å². The van der Waals surface area contributed by atoms with E-state index in [4.69, 9.17) is 17.3 Å². The van der Waals surface area contributed by atoms with E-state index >= 15 is 0 Å². The number of aromatic nitrogens is 2. The summed E-state index contributed by atoms with van der Waals surface area (Å²) in [5, 5.41) is 24.7. The molecule has 1 saturated heterocycles. The smallest absolute Gasteiger partial charge is 0.353 e. The van der Waals surface area contributed by atoms with Crippen LogP contribution in [-0.2, 0) is 21.4 Å². The average Bonchev–Trinajstić information content (AvgIpc) is 3.09. The van der Waals surface area contributed by atoms with Gasteiger partial charge in [-0.15, -0.1) is 0 Å². The Balaban J connectivity index is 1.54. The molecule has 33 heavy (non-hydrogen) atoms. The number of fused-ring (bicyclic) bond motifs is 1. The SMILES string of the molecule is C[n+]1cccc(SC2=C(C(=O)O)N3C(=O)C(NC(=O)/C(=N\O)c4nc(N)sc4Cl)C3CC2)c1. The summed E-state index contributed by atoms with van der Waals surface area (Å²) in [5.41, 5.74) is 4.88. The first kappa shape index (κ1) is 23.0. The minimum Gasteiger partial charge on any atom is -0.477 e. The van der Waals surface area contributed by atoms with Crippen molar-refractivity contribution in [2.45, 2.75) is 29.8 Å². The highest BCUT2D eigenvalue weighted by molar-refractivity contribution is 8.03. The number of nitrogens with zero attached hydrogens (tertiary/aromatic N) is 4. The van der Waals surface area contributed by atoms with Gasteiger partial charge >= 0.3 is 5.97 Å². The highest BCUT2D eigenvalue weighted by Gasteiger charge is 2.54. The Labute approximate surface area is 200 Å². The number of thioether (sulfide) groups is 1. The predicted octanol–water partition coefficient (Wildman–Crippen LogP) is 0.959. The number of nitrogens with two attached hydrogens (primary N) is 1. The fraction of sp³-hybridized carbons (Fsp3) is 0.263. The Kier molecular flexibility index (Phi) is 6.28. The second-order valence-corrected chi connectivity index (χ2v) is 10.1. The number of anilines is 1. The second-order valence-electron chi connectivity index (χ2n) is 7.27. The molecule has 4 heterocycles. The summed E-state index contributed by atoms with van der Waals surface area (Å²) in [6.07, 6.45) is 4.58. The topological polar surface area (TPSA) is 162 Å². The van der Waals surface area contributed by atoms with Crippen molar-refractivity contribution >= 4 is 63.3 Å². The molecular formula is C19H18ClN6O5S2+. The van der Waals surface area contributed by atoms with Crippen molar-refractivity contribution in [1.82, 2.24) is 15.2 Å². The Bertz CT molecular complexity index is 1230. The third-order valence-electron chi connectivity index (χ3n) is 5.18. The summed E-state index contributed by atoms with van der Waals surface area (Å²) in [5.74, 6) is -2.66. The summed E-state index contributed by atoms with van der Waals surface area (Å²) < 4.78 is 1.90. The van der Waals surface area contributed by atoms with Gasteiger partial charge in [-0.25, -0.2) is 14.3 Å². The Morgan fingerprint density at radius 2 is 2.24 bits per heavy atom. The van der Waals surface area contributed by atoms with E-state index in [1.165, 1.54) is 16.7 Å². The van der Waals surface area contributed by atoms with Crippen LogP contribution >= 0.6 is 34.7 Å². The van der Waals surface area contributed by atoms with Crippen LogP contribution in [0.5, 0.6) is 0 Å². The molecule has 2 atom stereocenters. The average molecular weight is 510 g/mol. The molecule has 0 bridgehead atoms. The highest BCUT2D eigenvalue weighted by Crippen LogP contribution is 2.43. The van der Waals surface area contributed by atoms with Gasteiger partial charge in [-0.3, -0.25) is 14.5 Å². The van der Waals surface area contributed by atoms with Crippen LogP contribution in [0.25, 0.3) is 0 Å². The lowest BCUT2D eigenvalue weighted by Crippen LogP contribution is -2.72. The van der Waals surface area contributed by atoms with Crippen molar-refractivity contribution in [3.05, 3.63) is 45.2 Å². The number of carboxylic acids is 1. The number of amides is 2. The predicted molar refractivity (Wildman–Crippen MR) is 120 cm³/mol. The number of aliphatic carboxylic acids is 1. The molecule has 2 aliphatic rings. The molecule has 2 aromatic rings. The zero-order chi connectivity index (χ0) is 23.9. The molecular weight excluding hydrogens is 492 g/mol. The number of carbonyl (C=O) groups excluding carboxylic acids is 2. The van der Waals surface area contributed by atoms with Crippen molar-refractivity contribution < 1.29 is 29.3 Å². The largest absolute Gasteiger partial charge is 0.477 e. The third-order valence-corrected chi connectivity index (χ3v) is 7.38. The number of hydrogen-bond donors (Lipinski definition) is 4. The van der Waals surface area contributed by atoms with Gasteiger partial charge in [-0.1, -0.05) is 39.9 Å². The molecule has 0 aromatic carbocycles. The number of nitrogens with one attached hydrogen (secondary N) is 1. The number of allylic oxidation sites excluding steroid dienone is 1. The Hall–Kier alpha value is -3.16. The van der Waals surface area contributed by atoms with Crippen LogP contribution in [-0.4, -0.2) is 55.8 Å². The van der Waals surface area contributed by atoms with E-state index in [0.717, 1.165) is 16.2 Å². The van der Waals surface area contributed by atoms with Crippen molar-refractivity contribution in [2.24, 2.45) is 12.2 Å². The highest BCUT2D eigenvalue weighted by atomic mass is 35.5. The number of nitrogen functional groups attached to an aromatic ring is 1. The van der Waals surface area contributed by atoms with E-state index < -0.39 is 35.6 Å². The molecule has 0 spiro atoms. The molecule has 1 fully saturated rings. The van der Waals surface area contributed by atoms with Crippen molar-refractivity contribution in [2.75, 3.05) is 5.73 Å². The number of aryl methyl sites for hydroxylation is 1. The lowest BCUT2D eigenvalue weighted by Gasteiger charge is -2.50. The lowest BCUT2D eigenvalue weighted by atomic mass is 9.86. The molecule has 2 aromatic heterocycles. The van der Waals surface area contributed by atoms with E-state index in [2.05, 4.69) is 15.5 Å². The third kappa shape index (κ3) is 4.26. The van der Waals surface area contributed by atoms with Crippen molar-refractivity contribution in [1.29, 1.82) is 0 Å². The maximum absolute atomic E-state index is 12.9. The van der Waals surface area contributed by atoms with Gasteiger partial charge in [0.05, 0.1) is 10.9 Å². The molecule has 5 N–H and O–H groups in total. The van der Waals surface area contributed by atoms with Crippen LogP contribution in [0.1, 0.15) is 18.5 Å². The van der Waals surface area contributed by atoms with Gasteiger partial charge in [0.2, 0.25) is 0 Å². The number of halogens is 1. The quantitative estimate of drug-likeness (QED) is 0.147. The molecule has 4 rings (SSSR count). The van der Waals surface area contributed by atoms with Gasteiger partial charge in [0.1, 0.15) is 28.8 Å². The minimum absolute atomic E-state index is 0.0572. The van der Waals surface area contributed by atoms with E-state index in [-0.39, 0.29) is 20.9 Å². The number of oxime groups is 1. The normalized spacial score (nSPS) is 20.4. The van der Waals surface area contributed by atoms with E-state index in [0.29, 0.717) is 17.7 Å². The summed E-state index contributed by atoms with van der Waals surface area (Å²) in [6, 6.07) is 2.19. The van der Waals surface area contributed by atoms with Crippen molar-refractivity contribution in [3.63, 3.8) is 0 Å². The van der Waals surface area contributed by atoms with Crippen molar-refractivity contribution in [3.8, 4) is 0 Å². The number of carbonyl (C=O) groups is 3. The molecule has 0 saturated carbocycles. The van der Waals surface area contributed by atoms with Gasteiger partial charge in [-0.2, -0.15) is 0 Å². The maximum atomic E-state index is 12.9. The van der Waals surface area contributed by atoms with E-state index in [9.17, 15) is 24.7 Å². The van der Waals surface area contributed by atoms with Crippen LogP contribution in [0.2, 0.25) is 4.34 Å². The van der Waals surface area contributed by atoms with Gasteiger partial charge in [0.25, 0.3) is 11.8 Å². The summed E-state index contributed by atoms with van der Waals surface area (Å²) >= 11 is 8.18. The fourth-order valence-corrected chi connectivity index (χ4v) is 5.84. The van der Waals surface area contributed by atoms with Crippen LogP contribution in [0.3, 0.4) is 0 Å². The molecule has 11 nitrogen and oxygen atoms in total. The summed E-state index contributed by atoms with van der Waals surface area (Å²) in [6.45, 7) is 0. The zero-order valence-corrected chi connectivity index (χ0v) is 19.4. The molecule has 2 aliphatic heterocycles. The Morgan fingerprint density at radius 1 is 1.48 bits per heavy atom. The molecule has 14 heteroatoms. The summed E-state index contributed by atoms with van der Waals surface area (Å²) in [4.78, 5) is 44.0. The zero-order valence-electron chi connectivity index (χ0n) is 17.1. The molecule has 2 unspecified atom stereocenters. The fourth-order valence-electron chi connectivity index (χ4n) is 3.76. The monoisotopic (exact) mass is 509 g/mol. The number of thiazole rings is 1. The number of β-lactam (4-membered cyclic amide) rings is 1. The van der Waals surface area contributed by atoms with Crippen LogP contribution in [0.4, 0.5) is 5.13 Å². The first-order valence-electron chi connectivity index (χ1n) is 9.59. The maximum Gasteiger partial charge on any atom is 0.353 e. The van der Waals surface area contributed by atoms with Crippen LogP contribution in [0, 0.1) is 0 Å². The van der Waals surface area contributed by atoms with E-state index in [1.807, 2.05) is 36.1 Å². The number of pyridine rings is 1. The first-order valence-corrected chi connectivity index (χ1v) is 11.6. The van der Waals surface area contributed by atoms with Gasteiger partial charge in [-0.05, 0) is 18.9 Å². The van der Waals surface area contributed by atoms with Crippen LogP contribution in [0.15, 0.2) is 45.2 Å². The second kappa shape index (κ2) is 9.00. The van der Waals surface area contributed by atoms with E-state index in [1.54, 1.807) is 0 Å². The summed E-state index contributed by atoms with van der Waals surface area (Å²) in [7, 11) is 1.86. The van der Waals surface area contributed by atoms with Gasteiger partial charge in [0.15, 0.2) is 23.2 Å². The van der Waals surface area contributed by atoms with Crippen LogP contribution < -0.4 is 15.6 Å². The molecule has 2 amide bonds. The Morgan fingerprint density at radius 3 is 2.85 bits per heavy atom. The molecule has 0 radical (unpaired) electrons. The van der Waals surface area contributed by atoms with Gasteiger partial charge in [0, 0.05) is 11.0 Å². The molecule has 172 valence electrons. The first-order chi connectivity index (χ1) is 15.7.